The maximum Gasteiger partial charge on any atom is 0.266 e. The van der Waals surface area contributed by atoms with Gasteiger partial charge in [-0.2, -0.15) is 5.10 Å². The third-order valence-corrected chi connectivity index (χ3v) is 5.75. The zero-order valence-corrected chi connectivity index (χ0v) is 15.9. The predicted molar refractivity (Wildman–Crippen MR) is 105 cm³/mol. The molecule has 1 aliphatic carbocycles. The van der Waals surface area contributed by atoms with Gasteiger partial charge in [0.05, 0.1) is 29.3 Å². The summed E-state index contributed by atoms with van der Waals surface area (Å²) >= 11 is 0. The average molecular weight is 377 g/mol. The first-order valence-corrected chi connectivity index (χ1v) is 9.94. The molecule has 5 rings (SSSR count). The molecule has 7 heteroatoms. The van der Waals surface area contributed by atoms with E-state index in [1.165, 1.54) is 0 Å². The minimum Gasteiger partial charge on any atom is -0.342 e. The third-order valence-electron chi connectivity index (χ3n) is 5.75. The number of rotatable bonds is 4. The smallest absolute Gasteiger partial charge is 0.266 e. The molecule has 2 aromatic heterocycles. The van der Waals surface area contributed by atoms with E-state index in [0.29, 0.717) is 24.6 Å². The number of nitrogens with one attached hydrogen (secondary N) is 1. The number of H-pyrrole nitrogens is 1. The molecule has 1 aliphatic heterocycles. The van der Waals surface area contributed by atoms with Crippen LogP contribution in [0.2, 0.25) is 0 Å². The molecular weight excluding hydrogens is 354 g/mol. The molecule has 2 aliphatic rings. The Balaban J connectivity index is 1.39. The fourth-order valence-corrected chi connectivity index (χ4v) is 4.12. The van der Waals surface area contributed by atoms with Crippen molar-refractivity contribution in [2.45, 2.75) is 51.1 Å². The molecule has 144 valence electrons. The largest absolute Gasteiger partial charge is 0.342 e. The molecule has 3 heterocycles. The van der Waals surface area contributed by atoms with Gasteiger partial charge in [0.2, 0.25) is 0 Å². The van der Waals surface area contributed by atoms with Crippen LogP contribution in [0.3, 0.4) is 0 Å². The topological polar surface area (TPSA) is 83.9 Å². The van der Waals surface area contributed by atoms with Crippen LogP contribution in [-0.2, 0) is 6.54 Å². The SMILES string of the molecule is Cc1nc2ccc(C(=O)N3CCCC3Cn3nc(C4CC4)ccc3=O)cc2[nH]1. The van der Waals surface area contributed by atoms with Gasteiger partial charge in [-0.05, 0) is 56.9 Å². The summed E-state index contributed by atoms with van der Waals surface area (Å²) in [6, 6.07) is 9.02. The summed E-state index contributed by atoms with van der Waals surface area (Å²) in [6.45, 7) is 3.07. The van der Waals surface area contributed by atoms with Crippen molar-refractivity contribution in [1.82, 2.24) is 24.6 Å². The number of imidazole rings is 1. The van der Waals surface area contributed by atoms with E-state index >= 15 is 0 Å². The van der Waals surface area contributed by atoms with E-state index < -0.39 is 0 Å². The number of carbonyl (C=O) groups is 1. The monoisotopic (exact) mass is 377 g/mol. The van der Waals surface area contributed by atoms with Crippen LogP contribution in [0, 0.1) is 6.92 Å². The second-order valence-corrected chi connectivity index (χ2v) is 7.90. The van der Waals surface area contributed by atoms with Gasteiger partial charge in [0.15, 0.2) is 0 Å². The number of likely N-dealkylation sites (tertiary alicyclic amines) is 1. The van der Waals surface area contributed by atoms with Crippen molar-refractivity contribution in [3.8, 4) is 0 Å². The molecule has 7 nitrogen and oxygen atoms in total. The summed E-state index contributed by atoms with van der Waals surface area (Å²) in [4.78, 5) is 34.9. The second kappa shape index (κ2) is 6.58. The summed E-state index contributed by atoms with van der Waals surface area (Å²) in [5, 5.41) is 4.56. The molecule has 1 atom stereocenters. The molecule has 1 N–H and O–H groups in total. The molecule has 2 fully saturated rings. The Kier molecular flexibility index (Phi) is 4.03. The van der Waals surface area contributed by atoms with E-state index in [1.54, 1.807) is 10.7 Å². The van der Waals surface area contributed by atoms with E-state index in [-0.39, 0.29) is 17.5 Å². The number of hydrogen-bond acceptors (Lipinski definition) is 4. The zero-order chi connectivity index (χ0) is 19.3. The second-order valence-electron chi connectivity index (χ2n) is 7.90. The molecule has 0 radical (unpaired) electrons. The third kappa shape index (κ3) is 3.10. The van der Waals surface area contributed by atoms with Gasteiger partial charge in [-0.25, -0.2) is 9.67 Å². The van der Waals surface area contributed by atoms with Gasteiger partial charge < -0.3 is 9.88 Å². The van der Waals surface area contributed by atoms with Crippen molar-refractivity contribution in [3.05, 3.63) is 57.8 Å². The molecule has 3 aromatic rings. The summed E-state index contributed by atoms with van der Waals surface area (Å²) in [5.74, 6) is 1.33. The lowest BCUT2D eigenvalue weighted by atomic mass is 10.1. The van der Waals surface area contributed by atoms with Crippen molar-refractivity contribution in [2.75, 3.05) is 6.54 Å². The number of hydrogen-bond donors (Lipinski definition) is 1. The average Bonchev–Trinajstić information content (AvgIpc) is 3.31. The van der Waals surface area contributed by atoms with E-state index in [9.17, 15) is 9.59 Å². The Morgan fingerprint density at radius 1 is 1.21 bits per heavy atom. The van der Waals surface area contributed by atoms with Crippen LogP contribution >= 0.6 is 0 Å². The highest BCUT2D eigenvalue weighted by atomic mass is 16.2. The molecule has 1 unspecified atom stereocenters. The highest BCUT2D eigenvalue weighted by Gasteiger charge is 2.31. The highest BCUT2D eigenvalue weighted by Crippen LogP contribution is 2.38. The van der Waals surface area contributed by atoms with Gasteiger partial charge in [-0.1, -0.05) is 0 Å². The van der Waals surface area contributed by atoms with Crippen LogP contribution in [-0.4, -0.2) is 43.1 Å². The van der Waals surface area contributed by atoms with Crippen LogP contribution in [0.4, 0.5) is 0 Å². The fraction of sp³-hybridized carbons (Fsp3) is 0.429. The number of benzene rings is 1. The molecule has 0 bridgehead atoms. The van der Waals surface area contributed by atoms with Crippen molar-refractivity contribution in [2.24, 2.45) is 0 Å². The molecule has 1 saturated heterocycles. The minimum absolute atomic E-state index is 0.00282. The van der Waals surface area contributed by atoms with Crippen LogP contribution in [0.25, 0.3) is 11.0 Å². The quantitative estimate of drug-likeness (QED) is 0.757. The lowest BCUT2D eigenvalue weighted by molar-refractivity contribution is 0.0720. The normalized spacial score (nSPS) is 19.5. The van der Waals surface area contributed by atoms with Gasteiger partial charge in [0, 0.05) is 24.1 Å². The Bertz CT molecular complexity index is 1110. The van der Waals surface area contributed by atoms with Gasteiger partial charge in [0.1, 0.15) is 5.82 Å². The molecule has 0 spiro atoms. The number of aromatic amines is 1. The Morgan fingerprint density at radius 3 is 2.89 bits per heavy atom. The first-order valence-electron chi connectivity index (χ1n) is 9.94. The van der Waals surface area contributed by atoms with E-state index in [0.717, 1.165) is 48.2 Å². The maximum atomic E-state index is 13.2. The number of nitrogens with zero attached hydrogens (tertiary/aromatic N) is 4. The predicted octanol–water partition coefficient (Wildman–Crippen LogP) is 2.61. The van der Waals surface area contributed by atoms with Gasteiger partial charge in [0.25, 0.3) is 11.5 Å². The van der Waals surface area contributed by atoms with Crippen LogP contribution < -0.4 is 5.56 Å². The molecule has 1 saturated carbocycles. The van der Waals surface area contributed by atoms with Gasteiger partial charge >= 0.3 is 0 Å². The summed E-state index contributed by atoms with van der Waals surface area (Å²) in [5.41, 5.74) is 3.28. The van der Waals surface area contributed by atoms with Gasteiger partial charge in [-0.15, -0.1) is 0 Å². The minimum atomic E-state index is -0.0990. The Labute approximate surface area is 162 Å². The molecule has 1 aromatic carbocycles. The summed E-state index contributed by atoms with van der Waals surface area (Å²) in [6.07, 6.45) is 4.13. The Morgan fingerprint density at radius 2 is 2.07 bits per heavy atom. The number of fused-ring (bicyclic) bond motifs is 1. The molecule has 28 heavy (non-hydrogen) atoms. The summed E-state index contributed by atoms with van der Waals surface area (Å²) in [7, 11) is 0. The first-order chi connectivity index (χ1) is 13.6. The van der Waals surface area contributed by atoms with Crippen LogP contribution in [0.1, 0.15) is 53.5 Å². The molecular formula is C21H23N5O2. The van der Waals surface area contributed by atoms with E-state index in [1.807, 2.05) is 36.1 Å². The van der Waals surface area contributed by atoms with Crippen LogP contribution in [0.5, 0.6) is 0 Å². The maximum absolute atomic E-state index is 13.2. The van der Waals surface area contributed by atoms with Crippen LogP contribution in [0.15, 0.2) is 35.1 Å². The number of aryl methyl sites for hydroxylation is 1. The lowest BCUT2D eigenvalue weighted by Gasteiger charge is -2.25. The van der Waals surface area contributed by atoms with E-state index in [2.05, 4.69) is 15.1 Å². The Hall–Kier alpha value is -2.96. The standard InChI is InChI=1S/C21H23N5O2/c1-13-22-18-7-6-15(11-19(18)23-13)21(28)25-10-2-3-16(25)12-26-20(27)9-8-17(24-26)14-4-5-14/h6-9,11,14,16H,2-5,10,12H2,1H3,(H,22,23). The van der Waals surface area contributed by atoms with Gasteiger partial charge in [-0.3, -0.25) is 9.59 Å². The van der Waals surface area contributed by atoms with E-state index in [4.69, 9.17) is 0 Å². The van der Waals surface area contributed by atoms with Crippen molar-refractivity contribution in [3.63, 3.8) is 0 Å². The number of aromatic nitrogens is 4. The number of amides is 1. The zero-order valence-electron chi connectivity index (χ0n) is 15.9. The number of carbonyl (C=O) groups excluding carboxylic acids is 1. The molecule has 1 amide bonds. The van der Waals surface area contributed by atoms with Crippen molar-refractivity contribution in [1.29, 1.82) is 0 Å². The first kappa shape index (κ1) is 17.2. The fourth-order valence-electron chi connectivity index (χ4n) is 4.12. The highest BCUT2D eigenvalue weighted by molar-refractivity contribution is 5.97. The lowest BCUT2D eigenvalue weighted by Crippen LogP contribution is -2.40. The van der Waals surface area contributed by atoms with Crippen molar-refractivity contribution >= 4 is 16.9 Å². The van der Waals surface area contributed by atoms with Crippen molar-refractivity contribution < 1.29 is 4.79 Å². The summed E-state index contributed by atoms with van der Waals surface area (Å²) < 4.78 is 1.55.